The minimum atomic E-state index is 0.352. The van der Waals surface area contributed by atoms with Crippen LogP contribution in [0.3, 0.4) is 0 Å². The summed E-state index contributed by atoms with van der Waals surface area (Å²) in [6.07, 6.45) is 1.70. The second-order valence-electron chi connectivity index (χ2n) is 3.76. The minimum absolute atomic E-state index is 0.352. The summed E-state index contributed by atoms with van der Waals surface area (Å²) < 4.78 is 5.62. The highest BCUT2D eigenvalue weighted by Gasteiger charge is 2.05. The molecule has 0 amide bonds. The quantitative estimate of drug-likeness (QED) is 0.778. The Hall–Kier alpha value is -1.61. The Kier molecular flexibility index (Phi) is 3.59. The normalized spacial score (nSPS) is 10.3. The van der Waals surface area contributed by atoms with E-state index in [4.69, 9.17) is 16.3 Å². The number of aryl methyl sites for hydroxylation is 2. The van der Waals surface area contributed by atoms with E-state index in [9.17, 15) is 0 Å². The Labute approximate surface area is 105 Å². The molecule has 0 radical (unpaired) electrons. The number of nitrogens with zero attached hydrogens (tertiary/aromatic N) is 2. The molecule has 1 aromatic carbocycles. The smallest absolute Gasteiger partial charge is 0.322 e. The first-order chi connectivity index (χ1) is 8.20. The molecule has 1 heterocycles. The SMILES string of the molecule is Cc1ccccc1Oc1ncc(CCl)c(C)n1. The highest BCUT2D eigenvalue weighted by Crippen LogP contribution is 2.22. The fraction of sp³-hybridized carbons (Fsp3) is 0.231. The lowest BCUT2D eigenvalue weighted by molar-refractivity contribution is 0.436. The van der Waals surface area contributed by atoms with E-state index in [1.54, 1.807) is 6.20 Å². The number of halogens is 1. The lowest BCUT2D eigenvalue weighted by Gasteiger charge is -2.08. The number of para-hydroxylation sites is 1. The highest BCUT2D eigenvalue weighted by molar-refractivity contribution is 6.17. The van der Waals surface area contributed by atoms with Crippen LogP contribution in [0.4, 0.5) is 0 Å². The summed E-state index contributed by atoms with van der Waals surface area (Å²) in [5.74, 6) is 1.18. The van der Waals surface area contributed by atoms with Gasteiger partial charge in [0.2, 0.25) is 0 Å². The van der Waals surface area contributed by atoms with Gasteiger partial charge in [-0.3, -0.25) is 0 Å². The molecule has 0 fully saturated rings. The molecule has 88 valence electrons. The maximum atomic E-state index is 5.75. The minimum Gasteiger partial charge on any atom is -0.424 e. The Morgan fingerprint density at radius 2 is 2.00 bits per heavy atom. The summed E-state index contributed by atoms with van der Waals surface area (Å²) in [7, 11) is 0. The Balaban J connectivity index is 2.25. The van der Waals surface area contributed by atoms with E-state index in [2.05, 4.69) is 9.97 Å². The van der Waals surface area contributed by atoms with Crippen LogP contribution in [0.2, 0.25) is 0 Å². The van der Waals surface area contributed by atoms with Crippen LogP contribution >= 0.6 is 11.6 Å². The lowest BCUT2D eigenvalue weighted by Crippen LogP contribution is -1.97. The Morgan fingerprint density at radius 3 is 2.65 bits per heavy atom. The number of ether oxygens (including phenoxy) is 1. The van der Waals surface area contributed by atoms with Gasteiger partial charge in [-0.2, -0.15) is 4.98 Å². The molecule has 0 unspecified atom stereocenters. The Bertz CT molecular complexity index is 529. The van der Waals surface area contributed by atoms with Crippen LogP contribution in [0.5, 0.6) is 11.8 Å². The molecule has 0 aliphatic heterocycles. The zero-order chi connectivity index (χ0) is 12.3. The maximum Gasteiger partial charge on any atom is 0.322 e. The van der Waals surface area contributed by atoms with Gasteiger partial charge in [-0.25, -0.2) is 4.98 Å². The van der Waals surface area contributed by atoms with Gasteiger partial charge in [-0.05, 0) is 25.5 Å². The van der Waals surface area contributed by atoms with Crippen LogP contribution in [-0.4, -0.2) is 9.97 Å². The van der Waals surface area contributed by atoms with E-state index < -0.39 is 0 Å². The van der Waals surface area contributed by atoms with Gasteiger partial charge in [0.15, 0.2) is 0 Å². The zero-order valence-electron chi connectivity index (χ0n) is 9.77. The number of benzene rings is 1. The molecule has 0 bridgehead atoms. The molecule has 2 aromatic rings. The van der Waals surface area contributed by atoms with Gasteiger partial charge in [0.05, 0.1) is 5.88 Å². The van der Waals surface area contributed by atoms with E-state index in [1.807, 2.05) is 38.1 Å². The van der Waals surface area contributed by atoms with Gasteiger partial charge in [-0.15, -0.1) is 11.6 Å². The van der Waals surface area contributed by atoms with Crippen molar-refractivity contribution in [3.05, 3.63) is 47.3 Å². The predicted octanol–water partition coefficient (Wildman–Crippen LogP) is 3.62. The van der Waals surface area contributed by atoms with E-state index in [1.165, 1.54) is 0 Å². The van der Waals surface area contributed by atoms with Gasteiger partial charge in [0, 0.05) is 17.5 Å². The molecule has 0 atom stereocenters. The van der Waals surface area contributed by atoms with Crippen LogP contribution in [0.1, 0.15) is 16.8 Å². The average Bonchev–Trinajstić information content (AvgIpc) is 2.32. The molecule has 0 N–H and O–H groups in total. The summed E-state index contributed by atoms with van der Waals surface area (Å²) in [4.78, 5) is 8.39. The summed E-state index contributed by atoms with van der Waals surface area (Å²) in [6.45, 7) is 3.87. The second-order valence-corrected chi connectivity index (χ2v) is 4.03. The van der Waals surface area contributed by atoms with Gasteiger partial charge in [0.25, 0.3) is 0 Å². The lowest BCUT2D eigenvalue weighted by atomic mass is 10.2. The van der Waals surface area contributed by atoms with Gasteiger partial charge in [0.1, 0.15) is 5.75 Å². The molecule has 0 saturated carbocycles. The maximum absolute atomic E-state index is 5.75. The van der Waals surface area contributed by atoms with E-state index >= 15 is 0 Å². The third kappa shape index (κ3) is 2.74. The van der Waals surface area contributed by atoms with Crippen molar-refractivity contribution in [2.24, 2.45) is 0 Å². The third-order valence-corrected chi connectivity index (χ3v) is 2.79. The second kappa shape index (κ2) is 5.15. The monoisotopic (exact) mass is 248 g/mol. The summed E-state index contributed by atoms with van der Waals surface area (Å²) in [5.41, 5.74) is 2.82. The van der Waals surface area contributed by atoms with Crippen LogP contribution < -0.4 is 4.74 Å². The molecule has 0 aliphatic rings. The molecule has 2 rings (SSSR count). The van der Waals surface area contributed by atoms with Crippen molar-refractivity contribution in [1.82, 2.24) is 9.97 Å². The van der Waals surface area contributed by atoms with Crippen LogP contribution in [-0.2, 0) is 5.88 Å². The van der Waals surface area contributed by atoms with Crippen LogP contribution in [0, 0.1) is 13.8 Å². The van der Waals surface area contributed by atoms with Crippen molar-refractivity contribution in [3.63, 3.8) is 0 Å². The van der Waals surface area contributed by atoms with E-state index in [0.717, 1.165) is 22.6 Å². The number of hydrogen-bond donors (Lipinski definition) is 0. The van der Waals surface area contributed by atoms with Crippen LogP contribution in [0.25, 0.3) is 0 Å². The summed E-state index contributed by atoms with van der Waals surface area (Å²) in [6, 6.07) is 8.11. The van der Waals surface area contributed by atoms with Crippen molar-refractivity contribution in [2.75, 3.05) is 0 Å². The van der Waals surface area contributed by atoms with Crippen molar-refractivity contribution in [2.45, 2.75) is 19.7 Å². The molecular formula is C13H13ClN2O. The first kappa shape index (κ1) is 11.9. The number of alkyl halides is 1. The molecule has 0 saturated heterocycles. The highest BCUT2D eigenvalue weighted by atomic mass is 35.5. The molecule has 4 heteroatoms. The number of aromatic nitrogens is 2. The fourth-order valence-electron chi connectivity index (χ4n) is 1.42. The summed E-state index contributed by atoms with van der Waals surface area (Å²) in [5, 5.41) is 0. The number of hydrogen-bond acceptors (Lipinski definition) is 3. The van der Waals surface area contributed by atoms with Gasteiger partial charge in [-0.1, -0.05) is 18.2 Å². The number of rotatable bonds is 3. The third-order valence-electron chi connectivity index (χ3n) is 2.50. The zero-order valence-corrected chi connectivity index (χ0v) is 10.5. The fourth-order valence-corrected chi connectivity index (χ4v) is 1.68. The molecule has 0 spiro atoms. The van der Waals surface area contributed by atoms with E-state index in [0.29, 0.717) is 11.9 Å². The first-order valence-corrected chi connectivity index (χ1v) is 5.86. The molecule has 17 heavy (non-hydrogen) atoms. The Morgan fingerprint density at radius 1 is 1.24 bits per heavy atom. The van der Waals surface area contributed by atoms with Gasteiger partial charge >= 0.3 is 6.01 Å². The molecule has 0 aliphatic carbocycles. The van der Waals surface area contributed by atoms with Gasteiger partial charge < -0.3 is 4.74 Å². The first-order valence-electron chi connectivity index (χ1n) is 5.32. The largest absolute Gasteiger partial charge is 0.424 e. The molecule has 1 aromatic heterocycles. The van der Waals surface area contributed by atoms with E-state index in [-0.39, 0.29) is 0 Å². The van der Waals surface area contributed by atoms with Crippen molar-refractivity contribution in [1.29, 1.82) is 0 Å². The van der Waals surface area contributed by atoms with Crippen LogP contribution in [0.15, 0.2) is 30.5 Å². The van der Waals surface area contributed by atoms with Crippen molar-refractivity contribution < 1.29 is 4.74 Å². The summed E-state index contributed by atoms with van der Waals surface area (Å²) >= 11 is 5.75. The molecule has 3 nitrogen and oxygen atoms in total. The standard InChI is InChI=1S/C13H13ClN2O/c1-9-5-3-4-6-12(9)17-13-15-8-11(7-14)10(2)16-13/h3-6,8H,7H2,1-2H3. The van der Waals surface area contributed by atoms with Crippen molar-refractivity contribution in [3.8, 4) is 11.8 Å². The predicted molar refractivity (Wildman–Crippen MR) is 67.6 cm³/mol. The topological polar surface area (TPSA) is 35.0 Å². The molecular weight excluding hydrogens is 236 g/mol. The van der Waals surface area contributed by atoms with Crippen molar-refractivity contribution >= 4 is 11.6 Å². The average molecular weight is 249 g/mol.